The van der Waals surface area contributed by atoms with Crippen molar-refractivity contribution in [1.29, 1.82) is 0 Å². The van der Waals surface area contributed by atoms with E-state index in [1.54, 1.807) is 12.1 Å². The first-order valence-electron chi connectivity index (χ1n) is 6.12. The second-order valence-corrected chi connectivity index (χ2v) is 8.04. The van der Waals surface area contributed by atoms with Gasteiger partial charge in [-0.15, -0.1) is 0 Å². The van der Waals surface area contributed by atoms with E-state index in [1.807, 2.05) is 4.90 Å². The number of hydrogen-bond acceptors (Lipinski definition) is 4. The van der Waals surface area contributed by atoms with Crippen LogP contribution in [0.1, 0.15) is 6.42 Å². The number of amides is 1. The zero-order chi connectivity index (χ0) is 14.5. The van der Waals surface area contributed by atoms with Gasteiger partial charge in [0.25, 0.3) is 0 Å². The van der Waals surface area contributed by atoms with Crippen LogP contribution < -0.4 is 10.2 Å². The van der Waals surface area contributed by atoms with Gasteiger partial charge in [-0.25, -0.2) is 8.42 Å². The maximum atomic E-state index is 11.9. The fraction of sp³-hybridized carbons (Fsp3) is 0.417. The van der Waals surface area contributed by atoms with Gasteiger partial charge in [-0.3, -0.25) is 4.79 Å². The molecule has 1 fully saturated rings. The monoisotopic (exact) mass is 334 g/mol. The number of nitrogens with one attached hydrogen (secondary N) is 1. The Morgan fingerprint density at radius 3 is 2.70 bits per heavy atom. The summed E-state index contributed by atoms with van der Waals surface area (Å²) in [5.74, 6) is -0.147. The molecule has 3 rings (SSSR count). The van der Waals surface area contributed by atoms with Crippen LogP contribution in [0, 0.1) is 0 Å². The van der Waals surface area contributed by atoms with Crippen LogP contribution in [-0.4, -0.2) is 38.4 Å². The summed E-state index contributed by atoms with van der Waals surface area (Å²) in [7, 11) is -3.09. The molecule has 20 heavy (non-hydrogen) atoms. The van der Waals surface area contributed by atoms with Crippen molar-refractivity contribution in [3.63, 3.8) is 0 Å². The van der Waals surface area contributed by atoms with Crippen molar-refractivity contribution in [2.24, 2.45) is 0 Å². The van der Waals surface area contributed by atoms with Crippen molar-refractivity contribution in [3.05, 3.63) is 22.2 Å². The van der Waals surface area contributed by atoms with E-state index < -0.39 is 9.84 Å². The van der Waals surface area contributed by atoms with Gasteiger partial charge >= 0.3 is 0 Å². The minimum atomic E-state index is -3.09. The van der Waals surface area contributed by atoms with E-state index >= 15 is 0 Å². The Kier molecular flexibility index (Phi) is 3.35. The summed E-state index contributed by atoms with van der Waals surface area (Å²) in [6, 6.07) is 2.92. The minimum Gasteiger partial charge on any atom is -0.364 e. The van der Waals surface area contributed by atoms with Gasteiger partial charge in [-0.1, -0.05) is 23.2 Å². The average Bonchev–Trinajstić information content (AvgIpc) is 2.44. The van der Waals surface area contributed by atoms with Gasteiger partial charge in [-0.05, 0) is 12.1 Å². The smallest absolute Gasteiger partial charge is 0.226 e. The molecule has 0 saturated carbocycles. The molecule has 0 bridgehead atoms. The van der Waals surface area contributed by atoms with Gasteiger partial charge in [0, 0.05) is 13.0 Å². The normalized spacial score (nSPS) is 24.4. The Morgan fingerprint density at radius 2 is 1.95 bits per heavy atom. The number of fused-ring (bicyclic) bond motifs is 3. The van der Waals surface area contributed by atoms with Crippen molar-refractivity contribution < 1.29 is 13.2 Å². The summed E-state index contributed by atoms with van der Waals surface area (Å²) in [6.07, 6.45) is 0.142. The standard InChI is InChI=1S/C12H12Cl2N2O3S/c13-8-4-10-11(5-9(8)14)16-1-2-20(18,19)6-7(16)3-12(17)15-10/h4-5,7H,1-3,6H2,(H,15,17). The number of rotatable bonds is 0. The van der Waals surface area contributed by atoms with Crippen molar-refractivity contribution in [3.8, 4) is 0 Å². The molecule has 0 aromatic heterocycles. The maximum absolute atomic E-state index is 11.9. The number of anilines is 2. The molecule has 5 nitrogen and oxygen atoms in total. The topological polar surface area (TPSA) is 66.5 Å². The first-order chi connectivity index (χ1) is 9.35. The van der Waals surface area contributed by atoms with E-state index in [0.717, 1.165) is 5.69 Å². The zero-order valence-electron chi connectivity index (χ0n) is 10.4. The van der Waals surface area contributed by atoms with E-state index in [2.05, 4.69) is 5.32 Å². The van der Waals surface area contributed by atoms with E-state index in [1.165, 1.54) is 0 Å². The fourth-order valence-electron chi connectivity index (χ4n) is 2.66. The number of carbonyl (C=O) groups is 1. The zero-order valence-corrected chi connectivity index (χ0v) is 12.7. The lowest BCUT2D eigenvalue weighted by molar-refractivity contribution is -0.116. The highest BCUT2D eigenvalue weighted by Crippen LogP contribution is 2.39. The predicted molar refractivity (Wildman–Crippen MR) is 79.5 cm³/mol. The molecule has 1 unspecified atom stereocenters. The second-order valence-electron chi connectivity index (χ2n) is 5.00. The summed E-state index contributed by atoms with van der Waals surface area (Å²) < 4.78 is 23.5. The van der Waals surface area contributed by atoms with Crippen LogP contribution in [-0.2, 0) is 14.6 Å². The largest absolute Gasteiger partial charge is 0.364 e. The van der Waals surface area contributed by atoms with Crippen molar-refractivity contribution >= 4 is 50.3 Å². The summed E-state index contributed by atoms with van der Waals surface area (Å²) in [5, 5.41) is 3.49. The molecule has 1 amide bonds. The third-order valence-electron chi connectivity index (χ3n) is 3.57. The Hall–Kier alpha value is -0.980. The van der Waals surface area contributed by atoms with E-state index in [4.69, 9.17) is 23.2 Å². The molecule has 8 heteroatoms. The summed E-state index contributed by atoms with van der Waals surface area (Å²) >= 11 is 12.0. The molecular formula is C12H12Cl2N2O3S. The highest BCUT2D eigenvalue weighted by atomic mass is 35.5. The molecule has 0 radical (unpaired) electrons. The van der Waals surface area contributed by atoms with E-state index in [9.17, 15) is 13.2 Å². The Labute approximate surface area is 126 Å². The highest BCUT2D eigenvalue weighted by molar-refractivity contribution is 7.91. The number of benzene rings is 1. The SMILES string of the molecule is O=C1CC2CS(=O)(=O)CCN2c2cc(Cl)c(Cl)cc2N1. The number of hydrogen-bond donors (Lipinski definition) is 1. The fourth-order valence-corrected chi connectivity index (χ4v) is 4.51. The van der Waals surface area contributed by atoms with Crippen LogP contribution in [0.15, 0.2) is 12.1 Å². The summed E-state index contributed by atoms with van der Waals surface area (Å²) in [4.78, 5) is 13.8. The van der Waals surface area contributed by atoms with Gasteiger partial charge in [0.1, 0.15) is 0 Å². The van der Waals surface area contributed by atoms with Crippen molar-refractivity contribution in [2.75, 3.05) is 28.3 Å². The molecule has 1 aromatic carbocycles. The van der Waals surface area contributed by atoms with Crippen LogP contribution in [0.4, 0.5) is 11.4 Å². The Balaban J connectivity index is 2.10. The van der Waals surface area contributed by atoms with Crippen molar-refractivity contribution in [1.82, 2.24) is 0 Å². The van der Waals surface area contributed by atoms with Gasteiger partial charge in [0.05, 0.1) is 39.0 Å². The van der Waals surface area contributed by atoms with Crippen LogP contribution in [0.2, 0.25) is 10.0 Å². The van der Waals surface area contributed by atoms with Crippen LogP contribution in [0.3, 0.4) is 0 Å². The lowest BCUT2D eigenvalue weighted by Crippen LogP contribution is -2.48. The molecule has 1 aromatic rings. The van der Waals surface area contributed by atoms with Crippen LogP contribution >= 0.6 is 23.2 Å². The Bertz CT molecular complexity index is 690. The molecule has 108 valence electrons. The second kappa shape index (κ2) is 4.79. The van der Waals surface area contributed by atoms with E-state index in [0.29, 0.717) is 22.3 Å². The molecule has 2 aliphatic heterocycles. The van der Waals surface area contributed by atoms with E-state index in [-0.39, 0.29) is 29.9 Å². The van der Waals surface area contributed by atoms with Crippen LogP contribution in [0.25, 0.3) is 0 Å². The lowest BCUT2D eigenvalue weighted by atomic mass is 10.1. The number of nitrogens with zero attached hydrogens (tertiary/aromatic N) is 1. The number of carbonyl (C=O) groups excluding carboxylic acids is 1. The van der Waals surface area contributed by atoms with Gasteiger partial charge in [0.2, 0.25) is 5.91 Å². The Morgan fingerprint density at radius 1 is 1.25 bits per heavy atom. The molecule has 1 N–H and O–H groups in total. The molecular weight excluding hydrogens is 323 g/mol. The first kappa shape index (κ1) is 14.0. The highest BCUT2D eigenvalue weighted by Gasteiger charge is 2.36. The maximum Gasteiger partial charge on any atom is 0.226 e. The molecule has 1 saturated heterocycles. The summed E-state index contributed by atoms with van der Waals surface area (Å²) in [5.41, 5.74) is 1.30. The quantitative estimate of drug-likeness (QED) is 0.787. The predicted octanol–water partition coefficient (Wildman–Crippen LogP) is 1.94. The minimum absolute atomic E-state index is 0.0138. The molecule has 2 aliphatic rings. The molecule has 0 spiro atoms. The third-order valence-corrected chi connectivity index (χ3v) is 5.99. The number of halogens is 2. The van der Waals surface area contributed by atoms with Gasteiger partial charge in [0.15, 0.2) is 9.84 Å². The van der Waals surface area contributed by atoms with Gasteiger partial charge < -0.3 is 10.2 Å². The molecule has 2 heterocycles. The average molecular weight is 335 g/mol. The van der Waals surface area contributed by atoms with Crippen molar-refractivity contribution in [2.45, 2.75) is 12.5 Å². The van der Waals surface area contributed by atoms with Gasteiger partial charge in [-0.2, -0.15) is 0 Å². The first-order valence-corrected chi connectivity index (χ1v) is 8.69. The lowest BCUT2D eigenvalue weighted by Gasteiger charge is -2.36. The summed E-state index contributed by atoms with van der Waals surface area (Å²) in [6.45, 7) is 0.354. The third kappa shape index (κ3) is 2.47. The van der Waals surface area contributed by atoms with Crippen LogP contribution in [0.5, 0.6) is 0 Å². The molecule has 0 aliphatic carbocycles. The molecule has 1 atom stereocenters. The number of sulfone groups is 1.